The molecule has 70 valence electrons. The van der Waals surface area contributed by atoms with Crippen LogP contribution in [0, 0.1) is 5.92 Å². The van der Waals surface area contributed by atoms with Gasteiger partial charge in [0, 0.05) is 6.61 Å². The second-order valence-corrected chi connectivity index (χ2v) is 8.01. The molecule has 0 aromatic carbocycles. The van der Waals surface area contributed by atoms with Crippen molar-refractivity contribution in [3.63, 3.8) is 0 Å². The summed E-state index contributed by atoms with van der Waals surface area (Å²) in [6, 6.07) is 1.28. The fourth-order valence-corrected chi connectivity index (χ4v) is 4.30. The maximum atomic E-state index is 5.68. The third-order valence-corrected chi connectivity index (χ3v) is 4.30. The van der Waals surface area contributed by atoms with Gasteiger partial charge in [0.25, 0.3) is 0 Å². The molecular formula is C8H21ClOSi. The highest BCUT2D eigenvalue weighted by Gasteiger charge is 2.22. The Morgan fingerprint density at radius 3 is 2.00 bits per heavy atom. The minimum Gasteiger partial charge on any atom is -0.418 e. The first-order chi connectivity index (χ1) is 4.48. The number of halogens is 1. The standard InChI is InChI=1S/C8H20OSi.ClH/c1-6-9-10(4,5)7-8(2)3;/h8H,6-7H2,1-5H3;1H. The third-order valence-electron chi connectivity index (χ3n) is 1.43. The average Bonchev–Trinajstić information content (AvgIpc) is 1.59. The van der Waals surface area contributed by atoms with Crippen LogP contribution < -0.4 is 0 Å². The zero-order valence-electron chi connectivity index (χ0n) is 8.31. The van der Waals surface area contributed by atoms with E-state index in [1.54, 1.807) is 0 Å². The molecule has 0 aromatic rings. The molecule has 0 aliphatic rings. The van der Waals surface area contributed by atoms with E-state index in [1.165, 1.54) is 6.04 Å². The van der Waals surface area contributed by atoms with Crippen LogP contribution in [0.2, 0.25) is 19.1 Å². The zero-order chi connectivity index (χ0) is 8.20. The van der Waals surface area contributed by atoms with Crippen LogP contribution in [0.3, 0.4) is 0 Å². The summed E-state index contributed by atoms with van der Waals surface area (Å²) >= 11 is 0. The minimum atomic E-state index is -1.27. The van der Waals surface area contributed by atoms with Crippen molar-refractivity contribution >= 4 is 20.7 Å². The number of hydrogen-bond acceptors (Lipinski definition) is 1. The molecule has 0 amide bonds. The second-order valence-electron chi connectivity index (χ2n) is 3.79. The molecule has 0 aromatic heterocycles. The van der Waals surface area contributed by atoms with Gasteiger partial charge in [-0.05, 0) is 32.0 Å². The van der Waals surface area contributed by atoms with E-state index in [0.717, 1.165) is 12.5 Å². The van der Waals surface area contributed by atoms with Crippen LogP contribution in [0.25, 0.3) is 0 Å². The fraction of sp³-hybridized carbons (Fsp3) is 1.00. The highest BCUT2D eigenvalue weighted by atomic mass is 35.5. The summed E-state index contributed by atoms with van der Waals surface area (Å²) in [5.74, 6) is 0.785. The summed E-state index contributed by atoms with van der Waals surface area (Å²) in [5.41, 5.74) is 0. The van der Waals surface area contributed by atoms with Crippen LogP contribution in [-0.4, -0.2) is 14.9 Å². The Kier molecular flexibility index (Phi) is 7.69. The molecule has 0 aliphatic carbocycles. The topological polar surface area (TPSA) is 9.23 Å². The summed E-state index contributed by atoms with van der Waals surface area (Å²) in [4.78, 5) is 0. The van der Waals surface area contributed by atoms with E-state index >= 15 is 0 Å². The largest absolute Gasteiger partial charge is 0.418 e. The van der Waals surface area contributed by atoms with Crippen LogP contribution in [-0.2, 0) is 4.43 Å². The predicted molar refractivity (Wildman–Crippen MR) is 56.0 cm³/mol. The summed E-state index contributed by atoms with van der Waals surface area (Å²) in [6.07, 6.45) is 0. The molecule has 0 aliphatic heterocycles. The molecular weight excluding hydrogens is 176 g/mol. The number of rotatable bonds is 4. The van der Waals surface area contributed by atoms with Gasteiger partial charge in [-0.2, -0.15) is 0 Å². The molecule has 0 atom stereocenters. The van der Waals surface area contributed by atoms with E-state index in [0.29, 0.717) is 0 Å². The molecule has 0 fully saturated rings. The first-order valence-corrected chi connectivity index (χ1v) is 7.23. The molecule has 1 nitrogen and oxygen atoms in total. The van der Waals surface area contributed by atoms with Crippen LogP contribution in [0.15, 0.2) is 0 Å². The lowest BCUT2D eigenvalue weighted by atomic mass is 10.3. The molecule has 0 bridgehead atoms. The van der Waals surface area contributed by atoms with Gasteiger partial charge < -0.3 is 4.43 Å². The predicted octanol–water partition coefficient (Wildman–Crippen LogP) is 3.31. The smallest absolute Gasteiger partial charge is 0.186 e. The van der Waals surface area contributed by atoms with Gasteiger partial charge in [0.2, 0.25) is 0 Å². The van der Waals surface area contributed by atoms with Crippen molar-refractivity contribution < 1.29 is 4.43 Å². The molecule has 0 N–H and O–H groups in total. The fourth-order valence-electron chi connectivity index (χ4n) is 1.43. The van der Waals surface area contributed by atoms with Crippen molar-refractivity contribution in [1.82, 2.24) is 0 Å². The van der Waals surface area contributed by atoms with Crippen LogP contribution in [0.1, 0.15) is 20.8 Å². The average molecular weight is 197 g/mol. The molecule has 0 radical (unpaired) electrons. The minimum absolute atomic E-state index is 0. The van der Waals surface area contributed by atoms with Crippen molar-refractivity contribution in [2.75, 3.05) is 6.61 Å². The van der Waals surface area contributed by atoms with Gasteiger partial charge in [0.1, 0.15) is 0 Å². The van der Waals surface area contributed by atoms with Crippen LogP contribution in [0.5, 0.6) is 0 Å². The Hall–Kier alpha value is 0.467. The molecule has 0 spiro atoms. The van der Waals surface area contributed by atoms with Crippen molar-refractivity contribution in [1.29, 1.82) is 0 Å². The zero-order valence-corrected chi connectivity index (χ0v) is 10.1. The Balaban J connectivity index is 0. The van der Waals surface area contributed by atoms with Crippen molar-refractivity contribution in [2.24, 2.45) is 5.92 Å². The molecule has 3 heteroatoms. The first kappa shape index (κ1) is 14.0. The Labute approximate surface area is 78.1 Å². The van der Waals surface area contributed by atoms with Crippen molar-refractivity contribution in [3.05, 3.63) is 0 Å². The highest BCUT2D eigenvalue weighted by molar-refractivity contribution is 6.71. The second kappa shape index (κ2) is 6.04. The molecule has 0 unspecified atom stereocenters. The van der Waals surface area contributed by atoms with Gasteiger partial charge in [-0.3, -0.25) is 0 Å². The monoisotopic (exact) mass is 196 g/mol. The van der Waals surface area contributed by atoms with Gasteiger partial charge in [-0.15, -0.1) is 12.4 Å². The lowest BCUT2D eigenvalue weighted by molar-refractivity contribution is 0.324. The summed E-state index contributed by atoms with van der Waals surface area (Å²) in [5, 5.41) is 0. The van der Waals surface area contributed by atoms with Crippen LogP contribution >= 0.6 is 12.4 Å². The van der Waals surface area contributed by atoms with Gasteiger partial charge >= 0.3 is 0 Å². The van der Waals surface area contributed by atoms with E-state index in [9.17, 15) is 0 Å². The SMILES string of the molecule is CCO[Si](C)(C)CC(C)C.Cl. The van der Waals surface area contributed by atoms with Crippen LogP contribution in [0.4, 0.5) is 0 Å². The Bertz CT molecular complexity index is 94.1. The quantitative estimate of drug-likeness (QED) is 0.627. The molecule has 0 rings (SSSR count). The van der Waals surface area contributed by atoms with E-state index < -0.39 is 8.32 Å². The summed E-state index contributed by atoms with van der Waals surface area (Å²) < 4.78 is 5.68. The molecule has 11 heavy (non-hydrogen) atoms. The highest BCUT2D eigenvalue weighted by Crippen LogP contribution is 2.16. The van der Waals surface area contributed by atoms with E-state index in [1.807, 2.05) is 0 Å². The summed E-state index contributed by atoms with van der Waals surface area (Å²) in [6.45, 7) is 12.1. The maximum Gasteiger partial charge on any atom is 0.186 e. The summed E-state index contributed by atoms with van der Waals surface area (Å²) in [7, 11) is -1.27. The van der Waals surface area contributed by atoms with Crippen molar-refractivity contribution in [3.8, 4) is 0 Å². The van der Waals surface area contributed by atoms with E-state index in [-0.39, 0.29) is 12.4 Å². The van der Waals surface area contributed by atoms with Crippen molar-refractivity contribution in [2.45, 2.75) is 39.9 Å². The normalized spacial score (nSPS) is 11.5. The van der Waals surface area contributed by atoms with E-state index in [2.05, 4.69) is 33.9 Å². The lowest BCUT2D eigenvalue weighted by Crippen LogP contribution is -2.31. The van der Waals surface area contributed by atoms with Gasteiger partial charge in [0.05, 0.1) is 0 Å². The maximum absolute atomic E-state index is 5.68. The lowest BCUT2D eigenvalue weighted by Gasteiger charge is -2.23. The molecule has 0 saturated heterocycles. The first-order valence-electron chi connectivity index (χ1n) is 4.12. The molecule has 0 saturated carbocycles. The Morgan fingerprint density at radius 2 is 1.73 bits per heavy atom. The van der Waals surface area contributed by atoms with Gasteiger partial charge in [0.15, 0.2) is 8.32 Å². The van der Waals surface area contributed by atoms with Gasteiger partial charge in [-0.1, -0.05) is 13.8 Å². The molecule has 0 heterocycles. The van der Waals surface area contributed by atoms with E-state index in [4.69, 9.17) is 4.43 Å². The number of hydrogen-bond donors (Lipinski definition) is 0. The van der Waals surface area contributed by atoms with Gasteiger partial charge in [-0.25, -0.2) is 0 Å². The Morgan fingerprint density at radius 1 is 1.27 bits per heavy atom. The third kappa shape index (κ3) is 8.37.